The van der Waals surface area contributed by atoms with Gasteiger partial charge in [0.15, 0.2) is 6.10 Å². The van der Waals surface area contributed by atoms with Gasteiger partial charge in [0, 0.05) is 0 Å². The highest BCUT2D eigenvalue weighted by atomic mass is 16.8. The summed E-state index contributed by atoms with van der Waals surface area (Å²) >= 11 is 0. The number of esters is 1. The number of hydrogen-bond acceptors (Lipinski definition) is 10. The maximum absolute atomic E-state index is 12.4. The number of ether oxygens (including phenoxy) is 4. The van der Waals surface area contributed by atoms with Crippen LogP contribution >= 0.6 is 0 Å². The third-order valence-electron chi connectivity index (χ3n) is 4.43. The molecule has 2 bridgehead atoms. The summed E-state index contributed by atoms with van der Waals surface area (Å²) in [6, 6.07) is 8.72. The van der Waals surface area contributed by atoms with Gasteiger partial charge in [0.25, 0.3) is 0 Å². The van der Waals surface area contributed by atoms with Crippen molar-refractivity contribution in [3.05, 3.63) is 35.9 Å². The van der Waals surface area contributed by atoms with Crippen molar-refractivity contribution in [1.29, 1.82) is 0 Å². The van der Waals surface area contributed by atoms with Gasteiger partial charge in [-0.05, 0) is 5.56 Å². The van der Waals surface area contributed by atoms with Gasteiger partial charge in [-0.25, -0.2) is 9.59 Å². The molecule has 10 nitrogen and oxygen atoms in total. The fraction of sp³-hybridized carbons (Fsp3) is 0.529. The van der Waals surface area contributed by atoms with Crippen molar-refractivity contribution in [3.63, 3.8) is 0 Å². The zero-order valence-corrected chi connectivity index (χ0v) is 14.1. The largest absolute Gasteiger partial charge is 0.511 e. The third kappa shape index (κ3) is 3.89. The lowest BCUT2D eigenvalue weighted by atomic mass is 9.88. The third-order valence-corrected chi connectivity index (χ3v) is 4.43. The smallest absolute Gasteiger partial charge is 0.452 e. The van der Waals surface area contributed by atoms with E-state index in [9.17, 15) is 24.9 Å². The van der Waals surface area contributed by atoms with Crippen molar-refractivity contribution < 1.29 is 49.0 Å². The molecule has 6 atom stereocenters. The average Bonchev–Trinajstić information content (AvgIpc) is 2.67. The molecule has 2 fully saturated rings. The first-order chi connectivity index (χ1) is 12.9. The van der Waals surface area contributed by atoms with Crippen LogP contribution in [0.3, 0.4) is 0 Å². The minimum absolute atomic E-state index is 0.120. The Morgan fingerprint density at radius 2 is 2.00 bits per heavy atom. The molecule has 2 aliphatic rings. The van der Waals surface area contributed by atoms with Gasteiger partial charge in [-0.3, -0.25) is 0 Å². The summed E-state index contributed by atoms with van der Waals surface area (Å²) in [5.41, 5.74) is 0.683. The highest BCUT2D eigenvalue weighted by Gasteiger charge is 2.63. The minimum atomic E-state index is -2.32. The van der Waals surface area contributed by atoms with E-state index in [0.29, 0.717) is 5.56 Å². The maximum Gasteiger partial charge on any atom is 0.511 e. The Kier molecular flexibility index (Phi) is 5.63. The molecule has 0 saturated carbocycles. The molecule has 4 N–H and O–H groups in total. The Bertz CT molecular complexity index is 680. The highest BCUT2D eigenvalue weighted by molar-refractivity contribution is 5.81. The number of rotatable bonds is 5. The molecule has 0 aliphatic carbocycles. The molecular formula is C17H20O10. The molecule has 1 aromatic rings. The van der Waals surface area contributed by atoms with Crippen LogP contribution in [0.5, 0.6) is 0 Å². The Hall–Kier alpha value is -2.24. The van der Waals surface area contributed by atoms with Crippen LogP contribution in [0, 0.1) is 0 Å². The van der Waals surface area contributed by atoms with Crippen LogP contribution in [0.2, 0.25) is 0 Å². The lowest BCUT2D eigenvalue weighted by Gasteiger charge is -2.49. The summed E-state index contributed by atoms with van der Waals surface area (Å²) in [5.74, 6) is -3.50. The van der Waals surface area contributed by atoms with Gasteiger partial charge < -0.3 is 39.4 Å². The van der Waals surface area contributed by atoms with Crippen LogP contribution in [-0.2, 0) is 30.3 Å². The number of benzene rings is 1. The molecule has 0 radical (unpaired) electrons. The molecule has 2 saturated heterocycles. The van der Waals surface area contributed by atoms with Gasteiger partial charge in [-0.2, -0.15) is 0 Å². The van der Waals surface area contributed by atoms with Crippen LogP contribution in [0.1, 0.15) is 12.0 Å². The zero-order chi connectivity index (χ0) is 19.6. The van der Waals surface area contributed by atoms with Crippen molar-refractivity contribution in [3.8, 4) is 0 Å². The Balaban J connectivity index is 1.71. The van der Waals surface area contributed by atoms with E-state index in [1.54, 1.807) is 30.3 Å². The van der Waals surface area contributed by atoms with Gasteiger partial charge in [0.2, 0.25) is 0 Å². The normalized spacial score (nSPS) is 33.7. The molecule has 27 heavy (non-hydrogen) atoms. The van der Waals surface area contributed by atoms with Crippen molar-refractivity contribution in [2.24, 2.45) is 0 Å². The first-order valence-corrected chi connectivity index (χ1v) is 8.30. The van der Waals surface area contributed by atoms with Crippen LogP contribution in [0.15, 0.2) is 30.3 Å². The van der Waals surface area contributed by atoms with E-state index in [0.717, 1.165) is 0 Å². The standard InChI is InChI=1S/C17H20O10/c18-7-11(20)13-14-12(21)10(19)6-17(26-14,15(22)25-13)27-16(23)24-8-9-4-2-1-3-5-9/h1-5,10-14,18-21H,6-8H2/t10-,11+,12+,13+,14+,17+/m0/s1. The number of carbonyl (C=O) groups is 2. The Labute approximate surface area is 153 Å². The van der Waals surface area contributed by atoms with Gasteiger partial charge >= 0.3 is 17.9 Å². The molecule has 10 heteroatoms. The fourth-order valence-corrected chi connectivity index (χ4v) is 3.02. The molecule has 0 spiro atoms. The number of fused-ring (bicyclic) bond motifs is 2. The summed E-state index contributed by atoms with van der Waals surface area (Å²) in [7, 11) is 0. The van der Waals surface area contributed by atoms with E-state index in [-0.39, 0.29) is 6.61 Å². The Morgan fingerprint density at radius 1 is 1.30 bits per heavy atom. The second-order valence-corrected chi connectivity index (χ2v) is 6.34. The highest BCUT2D eigenvalue weighted by Crippen LogP contribution is 2.39. The number of hydrogen-bond donors (Lipinski definition) is 4. The van der Waals surface area contributed by atoms with E-state index < -0.39 is 61.5 Å². The molecule has 2 aliphatic heterocycles. The summed E-state index contributed by atoms with van der Waals surface area (Å²) in [6.07, 6.45) is -9.24. The van der Waals surface area contributed by atoms with Gasteiger partial charge in [0.1, 0.15) is 24.9 Å². The van der Waals surface area contributed by atoms with Gasteiger partial charge in [-0.1, -0.05) is 30.3 Å². The minimum Gasteiger partial charge on any atom is -0.452 e. The van der Waals surface area contributed by atoms with E-state index >= 15 is 0 Å². The quantitative estimate of drug-likeness (QED) is 0.457. The fourth-order valence-electron chi connectivity index (χ4n) is 3.02. The van der Waals surface area contributed by atoms with Crippen LogP contribution in [0.4, 0.5) is 4.79 Å². The van der Waals surface area contributed by atoms with Crippen molar-refractivity contribution in [2.45, 2.75) is 49.3 Å². The summed E-state index contributed by atoms with van der Waals surface area (Å²) in [4.78, 5) is 24.4. The molecule has 3 rings (SSSR count). The van der Waals surface area contributed by atoms with Crippen LogP contribution in [-0.4, -0.2) is 75.5 Å². The van der Waals surface area contributed by atoms with Gasteiger partial charge in [-0.15, -0.1) is 0 Å². The van der Waals surface area contributed by atoms with E-state index in [1.165, 1.54) is 0 Å². The monoisotopic (exact) mass is 384 g/mol. The average molecular weight is 384 g/mol. The summed E-state index contributed by atoms with van der Waals surface area (Å²) in [5, 5.41) is 38.9. The molecule has 2 heterocycles. The second-order valence-electron chi connectivity index (χ2n) is 6.34. The molecule has 0 amide bonds. The molecule has 148 valence electrons. The lowest BCUT2D eigenvalue weighted by molar-refractivity contribution is -0.346. The number of cyclic esters (lactones) is 1. The van der Waals surface area contributed by atoms with Crippen molar-refractivity contribution in [2.75, 3.05) is 6.61 Å². The summed E-state index contributed by atoms with van der Waals surface area (Å²) < 4.78 is 20.3. The molecule has 1 aromatic carbocycles. The molecular weight excluding hydrogens is 364 g/mol. The number of carbonyl (C=O) groups excluding carboxylic acids is 2. The second kappa shape index (κ2) is 7.79. The van der Waals surface area contributed by atoms with Crippen molar-refractivity contribution >= 4 is 12.1 Å². The predicted molar refractivity (Wildman–Crippen MR) is 84.9 cm³/mol. The first-order valence-electron chi connectivity index (χ1n) is 8.30. The zero-order valence-electron chi connectivity index (χ0n) is 14.1. The topological polar surface area (TPSA) is 152 Å². The van der Waals surface area contributed by atoms with Crippen LogP contribution in [0.25, 0.3) is 0 Å². The van der Waals surface area contributed by atoms with Crippen molar-refractivity contribution in [1.82, 2.24) is 0 Å². The number of aliphatic hydroxyl groups is 4. The van der Waals surface area contributed by atoms with E-state index in [1.807, 2.05) is 0 Å². The number of aliphatic hydroxyl groups excluding tert-OH is 4. The van der Waals surface area contributed by atoms with Crippen LogP contribution < -0.4 is 0 Å². The van der Waals surface area contributed by atoms with E-state index in [4.69, 9.17) is 24.1 Å². The van der Waals surface area contributed by atoms with Gasteiger partial charge in [0.05, 0.1) is 19.1 Å². The lowest BCUT2D eigenvalue weighted by Crippen LogP contribution is -2.69. The molecule has 0 unspecified atom stereocenters. The predicted octanol–water partition coefficient (Wildman–Crippen LogP) is -1.17. The summed E-state index contributed by atoms with van der Waals surface area (Å²) in [6.45, 7) is -0.890. The maximum atomic E-state index is 12.4. The van der Waals surface area contributed by atoms with E-state index in [2.05, 4.69) is 0 Å². The SMILES string of the molecule is O=C(OCc1ccccc1)O[C@@]12C[C@H](O)[C@@H](O)[C@@H](O1)[C@@H]([C@H](O)CO)OC2=O. The molecule has 0 aromatic heterocycles. The Morgan fingerprint density at radius 3 is 2.67 bits per heavy atom. The first kappa shape index (κ1) is 19.5.